The van der Waals surface area contributed by atoms with E-state index in [1.807, 2.05) is 29.6 Å². The third-order valence-electron chi connectivity index (χ3n) is 3.44. The first-order chi connectivity index (χ1) is 9.81. The highest BCUT2D eigenvalue weighted by Crippen LogP contribution is 2.23. The van der Waals surface area contributed by atoms with E-state index in [0.717, 1.165) is 29.2 Å². The molecule has 0 bridgehead atoms. The molecule has 1 saturated heterocycles. The fourth-order valence-corrected chi connectivity index (χ4v) is 3.07. The van der Waals surface area contributed by atoms with Gasteiger partial charge in [0.05, 0.1) is 0 Å². The van der Waals surface area contributed by atoms with Crippen LogP contribution in [0.4, 0.5) is 5.69 Å². The lowest BCUT2D eigenvalue weighted by molar-refractivity contribution is -0.116. The van der Waals surface area contributed by atoms with Crippen molar-refractivity contribution in [3.63, 3.8) is 0 Å². The molecular weight excluding hydrogens is 270 g/mol. The molecule has 0 spiro atoms. The number of aromatic nitrogens is 1. The number of carbonyl (C=O) groups is 1. The maximum atomic E-state index is 11.9. The van der Waals surface area contributed by atoms with Crippen molar-refractivity contribution in [2.75, 3.05) is 11.9 Å². The third-order valence-corrected chi connectivity index (χ3v) is 4.26. The number of hydrogen-bond acceptors (Lipinski definition) is 4. The molecule has 2 heterocycles. The van der Waals surface area contributed by atoms with Crippen LogP contribution in [0.3, 0.4) is 0 Å². The molecule has 2 aromatic rings. The van der Waals surface area contributed by atoms with E-state index in [2.05, 4.69) is 15.6 Å². The van der Waals surface area contributed by atoms with Crippen LogP contribution in [0, 0.1) is 0 Å². The van der Waals surface area contributed by atoms with Gasteiger partial charge in [-0.2, -0.15) is 0 Å². The van der Waals surface area contributed by atoms with Crippen LogP contribution in [0.1, 0.15) is 19.3 Å². The molecule has 0 saturated carbocycles. The normalized spacial score (nSPS) is 18.1. The molecule has 5 heteroatoms. The SMILES string of the molecule is O=C(CC1CCCN1)Nc1ccc(-c2nccs2)cc1. The second-order valence-electron chi connectivity index (χ2n) is 4.96. The topological polar surface area (TPSA) is 54.0 Å². The third kappa shape index (κ3) is 3.23. The summed E-state index contributed by atoms with van der Waals surface area (Å²) < 4.78 is 0. The number of hydrogen-bond donors (Lipinski definition) is 2. The molecule has 3 rings (SSSR count). The van der Waals surface area contributed by atoms with Gasteiger partial charge in [-0.3, -0.25) is 4.79 Å². The number of thiazole rings is 1. The Labute approximate surface area is 122 Å². The molecule has 0 radical (unpaired) electrons. The molecule has 1 unspecified atom stereocenters. The van der Waals surface area contributed by atoms with Crippen molar-refractivity contribution in [1.82, 2.24) is 10.3 Å². The van der Waals surface area contributed by atoms with E-state index in [-0.39, 0.29) is 5.91 Å². The minimum atomic E-state index is 0.0754. The van der Waals surface area contributed by atoms with Crippen molar-refractivity contribution >= 4 is 22.9 Å². The van der Waals surface area contributed by atoms with Crippen LogP contribution >= 0.6 is 11.3 Å². The lowest BCUT2D eigenvalue weighted by atomic mass is 10.1. The van der Waals surface area contributed by atoms with Gasteiger partial charge in [-0.25, -0.2) is 4.98 Å². The van der Waals surface area contributed by atoms with E-state index >= 15 is 0 Å². The lowest BCUT2D eigenvalue weighted by Gasteiger charge is -2.10. The van der Waals surface area contributed by atoms with Gasteiger partial charge in [-0.1, -0.05) is 0 Å². The second kappa shape index (κ2) is 6.15. The van der Waals surface area contributed by atoms with Gasteiger partial charge in [0, 0.05) is 35.3 Å². The molecule has 2 N–H and O–H groups in total. The largest absolute Gasteiger partial charge is 0.326 e. The molecule has 1 aliphatic heterocycles. The first kappa shape index (κ1) is 13.3. The van der Waals surface area contributed by atoms with Crippen molar-refractivity contribution in [2.45, 2.75) is 25.3 Å². The number of amides is 1. The van der Waals surface area contributed by atoms with Gasteiger partial charge in [0.25, 0.3) is 0 Å². The number of benzene rings is 1. The standard InChI is InChI=1S/C15H17N3OS/c19-14(10-13-2-1-7-16-13)18-12-5-3-11(4-6-12)15-17-8-9-20-15/h3-6,8-9,13,16H,1-2,7,10H2,(H,18,19). The van der Waals surface area contributed by atoms with Crippen molar-refractivity contribution < 1.29 is 4.79 Å². The second-order valence-corrected chi connectivity index (χ2v) is 5.85. The summed E-state index contributed by atoms with van der Waals surface area (Å²) in [7, 11) is 0. The quantitative estimate of drug-likeness (QED) is 0.909. The van der Waals surface area contributed by atoms with Crippen LogP contribution in [0.25, 0.3) is 10.6 Å². The predicted molar refractivity (Wildman–Crippen MR) is 81.8 cm³/mol. The zero-order valence-corrected chi connectivity index (χ0v) is 12.0. The van der Waals surface area contributed by atoms with Gasteiger partial charge in [-0.15, -0.1) is 11.3 Å². The van der Waals surface area contributed by atoms with Crippen LogP contribution in [0.5, 0.6) is 0 Å². The van der Waals surface area contributed by atoms with Gasteiger partial charge < -0.3 is 10.6 Å². The van der Waals surface area contributed by atoms with Gasteiger partial charge in [0.1, 0.15) is 5.01 Å². The van der Waals surface area contributed by atoms with Gasteiger partial charge in [0.15, 0.2) is 0 Å². The van der Waals surface area contributed by atoms with E-state index in [1.165, 1.54) is 6.42 Å². The number of carbonyl (C=O) groups excluding carboxylic acids is 1. The minimum absolute atomic E-state index is 0.0754. The Hall–Kier alpha value is -1.72. The van der Waals surface area contributed by atoms with E-state index in [0.29, 0.717) is 12.5 Å². The summed E-state index contributed by atoms with van der Waals surface area (Å²) in [6.07, 6.45) is 4.61. The number of nitrogens with one attached hydrogen (secondary N) is 2. The number of nitrogens with zero attached hydrogens (tertiary/aromatic N) is 1. The Bertz CT molecular complexity index is 559. The molecule has 104 valence electrons. The van der Waals surface area contributed by atoms with E-state index < -0.39 is 0 Å². The molecule has 20 heavy (non-hydrogen) atoms. The van der Waals surface area contributed by atoms with Gasteiger partial charge in [0.2, 0.25) is 5.91 Å². The van der Waals surface area contributed by atoms with Crippen LogP contribution in [0.15, 0.2) is 35.8 Å². The Morgan fingerprint density at radius 2 is 2.25 bits per heavy atom. The van der Waals surface area contributed by atoms with Crippen molar-refractivity contribution in [2.24, 2.45) is 0 Å². The molecular formula is C15H17N3OS. The van der Waals surface area contributed by atoms with Gasteiger partial charge >= 0.3 is 0 Å². The summed E-state index contributed by atoms with van der Waals surface area (Å²) in [6, 6.07) is 8.17. The summed E-state index contributed by atoms with van der Waals surface area (Å²) >= 11 is 1.61. The minimum Gasteiger partial charge on any atom is -0.326 e. The maximum Gasteiger partial charge on any atom is 0.225 e. The molecule has 1 fully saturated rings. The van der Waals surface area contributed by atoms with Crippen LogP contribution in [-0.2, 0) is 4.79 Å². The van der Waals surface area contributed by atoms with E-state index in [9.17, 15) is 4.79 Å². The fourth-order valence-electron chi connectivity index (χ4n) is 2.43. The maximum absolute atomic E-state index is 11.9. The molecule has 1 aromatic carbocycles. The predicted octanol–water partition coefficient (Wildman–Crippen LogP) is 2.89. The highest BCUT2D eigenvalue weighted by Gasteiger charge is 2.17. The molecule has 1 aromatic heterocycles. The first-order valence-corrected chi connectivity index (χ1v) is 7.72. The Morgan fingerprint density at radius 1 is 1.40 bits per heavy atom. The molecule has 4 nitrogen and oxygen atoms in total. The molecule has 1 atom stereocenters. The highest BCUT2D eigenvalue weighted by atomic mass is 32.1. The molecule has 0 aliphatic carbocycles. The van der Waals surface area contributed by atoms with E-state index in [1.54, 1.807) is 17.5 Å². The Balaban J connectivity index is 1.59. The van der Waals surface area contributed by atoms with Crippen molar-refractivity contribution in [3.05, 3.63) is 35.8 Å². The monoisotopic (exact) mass is 287 g/mol. The zero-order chi connectivity index (χ0) is 13.8. The Kier molecular flexibility index (Phi) is 4.08. The summed E-state index contributed by atoms with van der Waals surface area (Å²) in [6.45, 7) is 1.03. The van der Waals surface area contributed by atoms with Crippen LogP contribution in [0.2, 0.25) is 0 Å². The van der Waals surface area contributed by atoms with Crippen LogP contribution in [-0.4, -0.2) is 23.5 Å². The summed E-state index contributed by atoms with van der Waals surface area (Å²) in [5, 5.41) is 9.23. The summed E-state index contributed by atoms with van der Waals surface area (Å²) in [4.78, 5) is 16.2. The van der Waals surface area contributed by atoms with Crippen molar-refractivity contribution in [1.29, 1.82) is 0 Å². The lowest BCUT2D eigenvalue weighted by Crippen LogP contribution is -2.27. The summed E-state index contributed by atoms with van der Waals surface area (Å²) in [5.74, 6) is 0.0754. The smallest absolute Gasteiger partial charge is 0.225 e. The average Bonchev–Trinajstić information content (AvgIpc) is 3.12. The fraction of sp³-hybridized carbons (Fsp3) is 0.333. The average molecular weight is 287 g/mol. The number of rotatable bonds is 4. The summed E-state index contributed by atoms with van der Waals surface area (Å²) in [5.41, 5.74) is 1.92. The zero-order valence-electron chi connectivity index (χ0n) is 11.1. The van der Waals surface area contributed by atoms with Crippen LogP contribution < -0.4 is 10.6 Å². The van der Waals surface area contributed by atoms with Gasteiger partial charge in [-0.05, 0) is 43.7 Å². The van der Waals surface area contributed by atoms with E-state index in [4.69, 9.17) is 0 Å². The molecule has 1 amide bonds. The first-order valence-electron chi connectivity index (χ1n) is 6.84. The number of anilines is 1. The Morgan fingerprint density at radius 3 is 2.90 bits per heavy atom. The molecule has 1 aliphatic rings. The highest BCUT2D eigenvalue weighted by molar-refractivity contribution is 7.13. The van der Waals surface area contributed by atoms with Crippen molar-refractivity contribution in [3.8, 4) is 10.6 Å².